The van der Waals surface area contributed by atoms with Crippen LogP contribution in [0.1, 0.15) is 28.8 Å². The van der Waals surface area contributed by atoms with E-state index in [1.165, 1.54) is 19.6 Å². The predicted octanol–water partition coefficient (Wildman–Crippen LogP) is 1.75. The monoisotopic (exact) mass is 329 g/mol. The fraction of sp³-hybridized carbons (Fsp3) is 0.267. The number of nitrogens with zero attached hydrogens (tertiary/aromatic N) is 3. The summed E-state index contributed by atoms with van der Waals surface area (Å²) in [5.41, 5.74) is 1.21. The summed E-state index contributed by atoms with van der Waals surface area (Å²) in [6.45, 7) is 4.86. The summed E-state index contributed by atoms with van der Waals surface area (Å²) in [4.78, 5) is 39.1. The van der Waals surface area contributed by atoms with Gasteiger partial charge < -0.3 is 19.5 Å². The molecule has 0 spiro atoms. The minimum atomic E-state index is -1.01. The third kappa shape index (κ3) is 2.96. The van der Waals surface area contributed by atoms with Crippen molar-refractivity contribution in [1.82, 2.24) is 19.9 Å². The average Bonchev–Trinajstić information content (AvgIpc) is 3.13. The average molecular weight is 329 g/mol. The van der Waals surface area contributed by atoms with Crippen molar-refractivity contribution in [3.05, 3.63) is 35.8 Å². The van der Waals surface area contributed by atoms with Gasteiger partial charge in [-0.3, -0.25) is 4.79 Å². The fourth-order valence-electron chi connectivity index (χ4n) is 2.19. The van der Waals surface area contributed by atoms with E-state index in [9.17, 15) is 9.59 Å². The zero-order valence-electron chi connectivity index (χ0n) is 13.3. The highest BCUT2D eigenvalue weighted by molar-refractivity contribution is 6.00. The highest BCUT2D eigenvalue weighted by atomic mass is 16.5. The molecule has 1 amide bonds. The molecular formula is C15H15N5O4. The number of ether oxygens (including phenoxy) is 1. The van der Waals surface area contributed by atoms with Crippen molar-refractivity contribution in [2.75, 3.05) is 5.32 Å². The van der Waals surface area contributed by atoms with E-state index in [1.807, 2.05) is 0 Å². The summed E-state index contributed by atoms with van der Waals surface area (Å²) in [5.74, 6) is 0.164. The number of hydrogen-bond donors (Lipinski definition) is 2. The maximum absolute atomic E-state index is 12.2. The number of amides is 1. The third-order valence-corrected chi connectivity index (χ3v) is 3.38. The number of rotatable bonds is 4. The number of imidazole rings is 1. The van der Waals surface area contributed by atoms with Gasteiger partial charge in [0, 0.05) is 0 Å². The number of aromatic amines is 1. The number of hydrogen-bond acceptors (Lipinski definition) is 7. The van der Waals surface area contributed by atoms with Crippen molar-refractivity contribution in [1.29, 1.82) is 0 Å². The first-order chi connectivity index (χ1) is 11.5. The summed E-state index contributed by atoms with van der Waals surface area (Å²) in [6, 6.07) is 1.57. The van der Waals surface area contributed by atoms with Crippen LogP contribution in [-0.2, 0) is 9.53 Å². The molecule has 9 nitrogen and oxygen atoms in total. The van der Waals surface area contributed by atoms with Gasteiger partial charge in [-0.2, -0.15) is 0 Å². The van der Waals surface area contributed by atoms with Gasteiger partial charge in [0.05, 0.1) is 6.33 Å². The minimum absolute atomic E-state index is 0.265. The van der Waals surface area contributed by atoms with E-state index in [0.29, 0.717) is 28.2 Å². The van der Waals surface area contributed by atoms with Gasteiger partial charge >= 0.3 is 5.97 Å². The lowest BCUT2D eigenvalue weighted by molar-refractivity contribution is -0.123. The van der Waals surface area contributed by atoms with Crippen molar-refractivity contribution in [3.63, 3.8) is 0 Å². The van der Waals surface area contributed by atoms with Crippen LogP contribution >= 0.6 is 0 Å². The number of aromatic nitrogens is 4. The minimum Gasteiger partial charge on any atom is -0.466 e. The van der Waals surface area contributed by atoms with Crippen molar-refractivity contribution in [2.24, 2.45) is 0 Å². The molecule has 124 valence electrons. The lowest BCUT2D eigenvalue weighted by Gasteiger charge is -2.12. The maximum atomic E-state index is 12.2. The van der Waals surface area contributed by atoms with Gasteiger partial charge in [0.15, 0.2) is 17.6 Å². The van der Waals surface area contributed by atoms with Crippen molar-refractivity contribution < 1.29 is 18.7 Å². The van der Waals surface area contributed by atoms with Gasteiger partial charge in [-0.1, -0.05) is 0 Å². The van der Waals surface area contributed by atoms with Gasteiger partial charge in [-0.15, -0.1) is 0 Å². The highest BCUT2D eigenvalue weighted by Crippen LogP contribution is 2.17. The van der Waals surface area contributed by atoms with Crippen LogP contribution in [-0.4, -0.2) is 37.9 Å². The largest absolute Gasteiger partial charge is 0.466 e. The number of H-pyrrole nitrogens is 1. The van der Waals surface area contributed by atoms with Crippen LogP contribution in [0.3, 0.4) is 0 Å². The molecule has 0 fully saturated rings. The van der Waals surface area contributed by atoms with Crippen molar-refractivity contribution >= 4 is 28.9 Å². The van der Waals surface area contributed by atoms with E-state index in [2.05, 4.69) is 25.3 Å². The number of carbonyl (C=O) groups is 2. The molecule has 0 aliphatic carbocycles. The van der Waals surface area contributed by atoms with Crippen LogP contribution in [0.25, 0.3) is 11.2 Å². The first-order valence-electron chi connectivity index (χ1n) is 7.18. The molecule has 0 saturated heterocycles. The second kappa shape index (κ2) is 6.11. The smallest absolute Gasteiger partial charge is 0.342 e. The molecule has 9 heteroatoms. The molecule has 0 saturated carbocycles. The molecule has 0 bridgehead atoms. The lowest BCUT2D eigenvalue weighted by atomic mass is 10.2. The van der Waals surface area contributed by atoms with E-state index in [4.69, 9.17) is 9.15 Å². The van der Waals surface area contributed by atoms with Crippen LogP contribution in [0.15, 0.2) is 23.1 Å². The molecule has 0 aliphatic heterocycles. The predicted molar refractivity (Wildman–Crippen MR) is 83.4 cm³/mol. The molecule has 3 heterocycles. The summed E-state index contributed by atoms with van der Waals surface area (Å²) in [5, 5.41) is 2.59. The number of esters is 1. The standard InChI is InChI=1S/C15H15N5O4/c1-7-4-10(8(2)23-7)15(22)24-9(3)14(21)20-13-11-12(17-5-16-11)18-6-19-13/h4-6,9H,1-3H3,(H2,16,17,18,19,20,21). The van der Waals surface area contributed by atoms with Gasteiger partial charge in [0.2, 0.25) is 0 Å². The number of carbonyl (C=O) groups excluding carboxylic acids is 2. The number of fused-ring (bicyclic) bond motifs is 1. The van der Waals surface area contributed by atoms with Crippen LogP contribution in [0.2, 0.25) is 0 Å². The number of furan rings is 1. The Hall–Kier alpha value is -3.23. The van der Waals surface area contributed by atoms with Crippen LogP contribution in [0.4, 0.5) is 5.82 Å². The van der Waals surface area contributed by atoms with Crippen LogP contribution in [0, 0.1) is 13.8 Å². The van der Waals surface area contributed by atoms with Crippen LogP contribution in [0.5, 0.6) is 0 Å². The summed E-state index contributed by atoms with van der Waals surface area (Å²) in [6.07, 6.45) is 1.72. The number of aryl methyl sites for hydroxylation is 2. The number of nitrogens with one attached hydrogen (secondary N) is 2. The molecule has 2 N–H and O–H groups in total. The first-order valence-corrected chi connectivity index (χ1v) is 7.18. The molecule has 3 aromatic rings. The molecule has 24 heavy (non-hydrogen) atoms. The third-order valence-electron chi connectivity index (χ3n) is 3.38. The Bertz CT molecular complexity index is 914. The zero-order chi connectivity index (χ0) is 17.3. The lowest BCUT2D eigenvalue weighted by Crippen LogP contribution is -2.30. The Kier molecular flexibility index (Phi) is 3.98. The molecule has 1 unspecified atom stereocenters. The van der Waals surface area contributed by atoms with Crippen molar-refractivity contribution in [2.45, 2.75) is 26.9 Å². The van der Waals surface area contributed by atoms with Gasteiger partial charge in [-0.05, 0) is 26.8 Å². The SMILES string of the molecule is Cc1cc(C(=O)OC(C)C(=O)Nc2ncnc3nc[nH]c23)c(C)o1. The summed E-state index contributed by atoms with van der Waals surface area (Å²) >= 11 is 0. The molecule has 3 aromatic heterocycles. The van der Waals surface area contributed by atoms with Crippen LogP contribution < -0.4 is 5.32 Å². The summed E-state index contributed by atoms with van der Waals surface area (Å²) in [7, 11) is 0. The van der Waals surface area contributed by atoms with E-state index < -0.39 is 18.0 Å². The van der Waals surface area contributed by atoms with E-state index in [-0.39, 0.29) is 5.82 Å². The molecule has 1 atom stereocenters. The highest BCUT2D eigenvalue weighted by Gasteiger charge is 2.23. The Morgan fingerprint density at radius 1 is 1.29 bits per heavy atom. The van der Waals surface area contributed by atoms with Gasteiger partial charge in [0.25, 0.3) is 5.91 Å². The normalized spacial score (nSPS) is 12.1. The topological polar surface area (TPSA) is 123 Å². The Morgan fingerprint density at radius 3 is 2.79 bits per heavy atom. The maximum Gasteiger partial charge on any atom is 0.342 e. The molecule has 0 aliphatic rings. The summed E-state index contributed by atoms with van der Waals surface area (Å²) < 4.78 is 10.5. The number of anilines is 1. The Morgan fingerprint density at radius 2 is 2.08 bits per heavy atom. The zero-order valence-corrected chi connectivity index (χ0v) is 13.3. The second-order valence-corrected chi connectivity index (χ2v) is 5.19. The Balaban J connectivity index is 1.70. The molecule has 0 aromatic carbocycles. The fourth-order valence-corrected chi connectivity index (χ4v) is 2.19. The quantitative estimate of drug-likeness (QED) is 0.699. The second-order valence-electron chi connectivity index (χ2n) is 5.19. The Labute approximate surface area is 136 Å². The molecule has 0 radical (unpaired) electrons. The van der Waals surface area contributed by atoms with E-state index >= 15 is 0 Å². The first kappa shape index (κ1) is 15.7. The molecule has 3 rings (SSSR count). The van der Waals surface area contributed by atoms with Gasteiger partial charge in [-0.25, -0.2) is 19.7 Å². The van der Waals surface area contributed by atoms with E-state index in [0.717, 1.165) is 0 Å². The van der Waals surface area contributed by atoms with E-state index in [1.54, 1.807) is 19.9 Å². The molecular weight excluding hydrogens is 314 g/mol. The van der Waals surface area contributed by atoms with Gasteiger partial charge in [0.1, 0.15) is 28.9 Å². The van der Waals surface area contributed by atoms with Crippen molar-refractivity contribution in [3.8, 4) is 0 Å².